The van der Waals surface area contributed by atoms with Gasteiger partial charge in [-0.3, -0.25) is 13.9 Å². The van der Waals surface area contributed by atoms with Crippen molar-refractivity contribution in [3.8, 4) is 5.75 Å². The van der Waals surface area contributed by atoms with Crippen molar-refractivity contribution in [2.45, 2.75) is 64.6 Å². The van der Waals surface area contributed by atoms with Crippen LogP contribution < -0.4 is 14.4 Å². The van der Waals surface area contributed by atoms with E-state index in [1.165, 1.54) is 17.0 Å². The lowest BCUT2D eigenvalue weighted by molar-refractivity contribution is -0.140. The molecule has 0 fully saturated rings. The normalized spacial score (nSPS) is 12.4. The van der Waals surface area contributed by atoms with E-state index < -0.39 is 34.1 Å². The summed E-state index contributed by atoms with van der Waals surface area (Å²) in [5, 5.41) is 2.93. The third-order valence-corrected chi connectivity index (χ3v) is 8.14. The number of methoxy groups -OCH3 is 1. The van der Waals surface area contributed by atoms with Crippen LogP contribution in [-0.2, 0) is 26.2 Å². The van der Waals surface area contributed by atoms with Gasteiger partial charge in [0.25, 0.3) is 10.0 Å². The lowest BCUT2D eigenvalue weighted by Crippen LogP contribution is -2.54. The van der Waals surface area contributed by atoms with Crippen molar-refractivity contribution in [1.29, 1.82) is 0 Å². The number of carbonyl (C=O) groups excluding carboxylic acids is 2. The first-order valence-corrected chi connectivity index (χ1v) is 14.6. The Hall–Kier alpha value is -3.85. The van der Waals surface area contributed by atoms with Crippen LogP contribution in [0.1, 0.15) is 44.4 Å². The van der Waals surface area contributed by atoms with Gasteiger partial charge in [0.1, 0.15) is 18.3 Å². The monoisotopic (exact) mass is 565 g/mol. The summed E-state index contributed by atoms with van der Waals surface area (Å²) >= 11 is 0. The average Bonchev–Trinajstić information content (AvgIpc) is 2.89. The molecule has 3 aromatic carbocycles. The van der Waals surface area contributed by atoms with Crippen molar-refractivity contribution >= 4 is 27.5 Å². The van der Waals surface area contributed by atoms with Gasteiger partial charge < -0.3 is 15.0 Å². The molecular formula is C31H39N3O5S. The van der Waals surface area contributed by atoms with Crippen LogP contribution in [0.4, 0.5) is 5.69 Å². The molecule has 8 nitrogen and oxygen atoms in total. The Bertz CT molecular complexity index is 1430. The first-order valence-electron chi connectivity index (χ1n) is 13.1. The van der Waals surface area contributed by atoms with E-state index in [2.05, 4.69) is 5.32 Å². The molecule has 0 spiro atoms. The summed E-state index contributed by atoms with van der Waals surface area (Å²) in [6.07, 6.45) is 0. The average molecular weight is 566 g/mol. The number of rotatable bonds is 10. The minimum atomic E-state index is -4.10. The molecule has 0 unspecified atom stereocenters. The molecule has 40 heavy (non-hydrogen) atoms. The summed E-state index contributed by atoms with van der Waals surface area (Å²) in [5.41, 5.74) is 2.39. The molecule has 0 saturated heterocycles. The molecule has 2 amide bonds. The molecule has 3 aromatic rings. The number of sulfonamides is 1. The summed E-state index contributed by atoms with van der Waals surface area (Å²) < 4.78 is 34.1. The maximum absolute atomic E-state index is 14.0. The van der Waals surface area contributed by atoms with E-state index in [9.17, 15) is 18.0 Å². The molecule has 0 bridgehead atoms. The SMILES string of the molecule is COc1ccc(CN(C(=O)CN(c2cccc(C)c2)S(=O)(=O)c2ccc(C)cc2)[C@@H](C)C(=O)NC(C)(C)C)cc1. The number of benzene rings is 3. The molecule has 0 radical (unpaired) electrons. The summed E-state index contributed by atoms with van der Waals surface area (Å²) in [6.45, 7) is 10.6. The smallest absolute Gasteiger partial charge is 0.264 e. The van der Waals surface area contributed by atoms with Crippen molar-refractivity contribution in [3.63, 3.8) is 0 Å². The van der Waals surface area contributed by atoms with Gasteiger partial charge in [-0.1, -0.05) is 42.0 Å². The maximum atomic E-state index is 14.0. The Morgan fingerprint density at radius 3 is 2.10 bits per heavy atom. The summed E-state index contributed by atoms with van der Waals surface area (Å²) in [7, 11) is -2.54. The number of carbonyl (C=O) groups is 2. The van der Waals surface area contributed by atoms with Gasteiger partial charge in [0.2, 0.25) is 11.8 Å². The van der Waals surface area contributed by atoms with Crippen LogP contribution in [0.25, 0.3) is 0 Å². The number of nitrogens with one attached hydrogen (secondary N) is 1. The van der Waals surface area contributed by atoms with Crippen LogP contribution in [0, 0.1) is 13.8 Å². The quantitative estimate of drug-likeness (QED) is 0.380. The van der Waals surface area contributed by atoms with Crippen LogP contribution in [-0.4, -0.2) is 50.4 Å². The van der Waals surface area contributed by atoms with Gasteiger partial charge in [-0.15, -0.1) is 0 Å². The minimum Gasteiger partial charge on any atom is -0.497 e. The first-order chi connectivity index (χ1) is 18.7. The molecule has 1 atom stereocenters. The third kappa shape index (κ3) is 7.85. The van der Waals surface area contributed by atoms with Crippen LogP contribution in [0.5, 0.6) is 5.75 Å². The fourth-order valence-corrected chi connectivity index (χ4v) is 5.54. The van der Waals surface area contributed by atoms with Crippen molar-refractivity contribution in [2.75, 3.05) is 18.0 Å². The molecule has 3 rings (SSSR count). The first kappa shape index (κ1) is 30.7. The molecule has 0 aliphatic heterocycles. The van der Waals surface area contributed by atoms with Crippen molar-refractivity contribution in [2.24, 2.45) is 0 Å². The highest BCUT2D eigenvalue weighted by molar-refractivity contribution is 7.92. The van der Waals surface area contributed by atoms with E-state index in [1.54, 1.807) is 56.5 Å². The highest BCUT2D eigenvalue weighted by Crippen LogP contribution is 2.26. The van der Waals surface area contributed by atoms with E-state index in [4.69, 9.17) is 4.74 Å². The number of aryl methyl sites for hydroxylation is 2. The molecule has 214 valence electrons. The molecule has 0 aliphatic rings. The van der Waals surface area contributed by atoms with Crippen LogP contribution in [0.15, 0.2) is 77.7 Å². The topological polar surface area (TPSA) is 96.0 Å². The molecule has 1 N–H and O–H groups in total. The van der Waals surface area contributed by atoms with Crippen molar-refractivity contribution < 1.29 is 22.7 Å². The number of anilines is 1. The lowest BCUT2D eigenvalue weighted by atomic mass is 10.1. The molecular weight excluding hydrogens is 526 g/mol. The zero-order valence-corrected chi connectivity index (χ0v) is 25.1. The van der Waals surface area contributed by atoms with Gasteiger partial charge in [0.05, 0.1) is 17.7 Å². The molecule has 0 saturated carbocycles. The van der Waals surface area contributed by atoms with Gasteiger partial charge >= 0.3 is 0 Å². The summed E-state index contributed by atoms with van der Waals surface area (Å²) in [4.78, 5) is 28.7. The number of hydrogen-bond donors (Lipinski definition) is 1. The third-order valence-electron chi connectivity index (χ3n) is 6.35. The molecule has 0 heterocycles. The lowest BCUT2D eigenvalue weighted by Gasteiger charge is -2.33. The van der Waals surface area contributed by atoms with E-state index in [1.807, 2.05) is 52.8 Å². The van der Waals surface area contributed by atoms with Gasteiger partial charge in [-0.25, -0.2) is 8.42 Å². The number of nitrogens with zero attached hydrogens (tertiary/aromatic N) is 2. The van der Waals surface area contributed by atoms with Gasteiger partial charge in [0, 0.05) is 12.1 Å². The zero-order chi connectivity index (χ0) is 29.7. The fourth-order valence-electron chi connectivity index (χ4n) is 4.13. The Balaban J connectivity index is 2.03. The largest absolute Gasteiger partial charge is 0.497 e. The van der Waals surface area contributed by atoms with Crippen LogP contribution >= 0.6 is 0 Å². The van der Waals surface area contributed by atoms with Crippen molar-refractivity contribution in [3.05, 3.63) is 89.5 Å². The standard InChI is InChI=1S/C31H39N3O5S/c1-22-11-17-28(18-12-22)40(37,38)34(26-10-8-9-23(2)19-26)21-29(35)33(24(3)30(36)32-31(4,5)6)20-25-13-15-27(39-7)16-14-25/h8-19,24H,20-21H2,1-7H3,(H,32,36)/t24-/m0/s1. The molecule has 9 heteroatoms. The Morgan fingerprint density at radius 1 is 0.925 bits per heavy atom. The molecule has 0 aromatic heterocycles. The van der Waals surface area contributed by atoms with E-state index in [0.29, 0.717) is 11.4 Å². The van der Waals surface area contributed by atoms with Crippen LogP contribution in [0.2, 0.25) is 0 Å². The summed E-state index contributed by atoms with van der Waals surface area (Å²) in [5.74, 6) is -0.183. The number of ether oxygens (including phenoxy) is 1. The Labute approximate surface area is 238 Å². The van der Waals surface area contributed by atoms with E-state index in [0.717, 1.165) is 21.0 Å². The van der Waals surface area contributed by atoms with E-state index in [-0.39, 0.29) is 17.3 Å². The van der Waals surface area contributed by atoms with Crippen LogP contribution in [0.3, 0.4) is 0 Å². The van der Waals surface area contributed by atoms with Gasteiger partial charge in [-0.2, -0.15) is 0 Å². The van der Waals surface area contributed by atoms with E-state index >= 15 is 0 Å². The summed E-state index contributed by atoms with van der Waals surface area (Å²) in [6, 6.07) is 19.8. The predicted octanol–water partition coefficient (Wildman–Crippen LogP) is 4.84. The number of hydrogen-bond acceptors (Lipinski definition) is 5. The van der Waals surface area contributed by atoms with Gasteiger partial charge in [0.15, 0.2) is 0 Å². The second kappa shape index (κ2) is 12.6. The van der Waals surface area contributed by atoms with Crippen molar-refractivity contribution in [1.82, 2.24) is 10.2 Å². The Morgan fingerprint density at radius 2 is 1.55 bits per heavy atom. The highest BCUT2D eigenvalue weighted by atomic mass is 32.2. The second-order valence-corrected chi connectivity index (χ2v) is 12.8. The Kier molecular flexibility index (Phi) is 9.63. The minimum absolute atomic E-state index is 0.0765. The zero-order valence-electron chi connectivity index (χ0n) is 24.3. The maximum Gasteiger partial charge on any atom is 0.264 e. The highest BCUT2D eigenvalue weighted by Gasteiger charge is 2.33. The predicted molar refractivity (Wildman–Crippen MR) is 158 cm³/mol. The second-order valence-electron chi connectivity index (χ2n) is 10.9. The van der Waals surface area contributed by atoms with Gasteiger partial charge in [-0.05, 0) is 89.1 Å². The molecule has 0 aliphatic carbocycles. The fraction of sp³-hybridized carbons (Fsp3) is 0.355. The number of amides is 2.